The molecule has 1 aliphatic rings. The van der Waals surface area contributed by atoms with E-state index in [1.807, 2.05) is 0 Å². The molecular weight excluding hydrogens is 411 g/mol. The highest BCUT2D eigenvalue weighted by molar-refractivity contribution is 6.07. The molecule has 160 valence electrons. The average molecular weight is 429 g/mol. The molecule has 1 aliphatic heterocycles. The highest BCUT2D eigenvalue weighted by atomic mass is 19.4. The summed E-state index contributed by atoms with van der Waals surface area (Å²) >= 11 is 0. The molecule has 3 rings (SSSR count). The van der Waals surface area contributed by atoms with Crippen molar-refractivity contribution < 1.29 is 27.6 Å². The van der Waals surface area contributed by atoms with Crippen molar-refractivity contribution in [3.05, 3.63) is 77.9 Å². The molecule has 0 aliphatic carbocycles. The number of amides is 4. The number of para-hydroxylation sites is 1. The second-order valence-electron chi connectivity index (χ2n) is 6.60. The molecule has 2 aromatic rings. The summed E-state index contributed by atoms with van der Waals surface area (Å²) in [6.07, 6.45) is 1.89. The molecule has 1 heterocycles. The number of urea groups is 1. The first kappa shape index (κ1) is 21.8. The topological polar surface area (TPSA) is 78.5 Å². The van der Waals surface area contributed by atoms with Crippen LogP contribution < -0.4 is 10.6 Å². The first-order chi connectivity index (χ1) is 14.7. The highest BCUT2D eigenvalue weighted by Crippen LogP contribution is 2.34. The number of nitrogens with one attached hydrogen (secondary N) is 2. The quantitative estimate of drug-likeness (QED) is 0.693. The predicted molar refractivity (Wildman–Crippen MR) is 110 cm³/mol. The Morgan fingerprint density at radius 2 is 1.71 bits per heavy atom. The lowest BCUT2D eigenvalue weighted by molar-refractivity contribution is -0.139. The monoisotopic (exact) mass is 429 g/mol. The summed E-state index contributed by atoms with van der Waals surface area (Å²) in [6.45, 7) is 0.327. The van der Waals surface area contributed by atoms with Gasteiger partial charge in [-0.3, -0.25) is 14.5 Å². The standard InChI is InChI=1S/C22H18F3N3O3/c23-22(24,25)17-5-1-2-6-18(17)27-21(31)26-16-11-8-15(9-12-16)10-13-20(30)28-14-4-3-7-19(28)29/h1-3,5-13H,4,14H2,(H2,26,27,31). The Hall–Kier alpha value is -3.88. The van der Waals surface area contributed by atoms with Crippen LogP contribution in [0, 0.1) is 0 Å². The first-order valence-electron chi connectivity index (χ1n) is 9.28. The number of carbonyl (C=O) groups is 3. The van der Waals surface area contributed by atoms with Gasteiger partial charge in [0, 0.05) is 18.3 Å². The van der Waals surface area contributed by atoms with Crippen molar-refractivity contribution in [2.45, 2.75) is 12.6 Å². The van der Waals surface area contributed by atoms with Crippen molar-refractivity contribution in [3.8, 4) is 0 Å². The van der Waals surface area contributed by atoms with Crippen molar-refractivity contribution >= 4 is 35.3 Å². The number of anilines is 2. The van der Waals surface area contributed by atoms with Crippen LogP contribution in [0.3, 0.4) is 0 Å². The Balaban J connectivity index is 1.60. The lowest BCUT2D eigenvalue weighted by atomic mass is 10.1. The minimum absolute atomic E-state index is 0.327. The summed E-state index contributed by atoms with van der Waals surface area (Å²) < 4.78 is 39.0. The fraction of sp³-hybridized carbons (Fsp3) is 0.136. The summed E-state index contributed by atoms with van der Waals surface area (Å²) in [5.74, 6) is -0.794. The summed E-state index contributed by atoms with van der Waals surface area (Å²) in [5.41, 5.74) is -0.311. The van der Waals surface area contributed by atoms with E-state index in [1.54, 1.807) is 18.2 Å². The zero-order chi connectivity index (χ0) is 22.4. The minimum atomic E-state index is -4.59. The summed E-state index contributed by atoms with van der Waals surface area (Å²) in [7, 11) is 0. The van der Waals surface area contributed by atoms with Gasteiger partial charge in [-0.2, -0.15) is 13.2 Å². The minimum Gasteiger partial charge on any atom is -0.308 e. The van der Waals surface area contributed by atoms with Crippen molar-refractivity contribution in [3.63, 3.8) is 0 Å². The Morgan fingerprint density at radius 1 is 1.00 bits per heavy atom. The lowest BCUT2D eigenvalue weighted by Gasteiger charge is -2.19. The Morgan fingerprint density at radius 3 is 2.39 bits per heavy atom. The van der Waals surface area contributed by atoms with Crippen LogP contribution in [0.25, 0.3) is 6.08 Å². The summed E-state index contributed by atoms with van der Waals surface area (Å²) in [5, 5.41) is 4.64. The van der Waals surface area contributed by atoms with Crippen LogP contribution in [0.4, 0.5) is 29.3 Å². The highest BCUT2D eigenvalue weighted by Gasteiger charge is 2.33. The van der Waals surface area contributed by atoms with Gasteiger partial charge in [-0.15, -0.1) is 0 Å². The smallest absolute Gasteiger partial charge is 0.308 e. The van der Waals surface area contributed by atoms with Gasteiger partial charge in [-0.05, 0) is 48.4 Å². The van der Waals surface area contributed by atoms with Gasteiger partial charge in [0.1, 0.15) is 0 Å². The third kappa shape index (κ3) is 5.81. The van der Waals surface area contributed by atoms with Gasteiger partial charge in [-0.1, -0.05) is 30.3 Å². The van der Waals surface area contributed by atoms with E-state index < -0.39 is 23.7 Å². The summed E-state index contributed by atoms with van der Waals surface area (Å²) in [6, 6.07) is 10.1. The van der Waals surface area contributed by atoms with E-state index in [1.165, 1.54) is 42.5 Å². The normalized spacial score (nSPS) is 14.0. The van der Waals surface area contributed by atoms with Crippen LogP contribution in [0.2, 0.25) is 0 Å². The number of halogens is 3. The molecule has 4 amide bonds. The van der Waals surface area contributed by atoms with Gasteiger partial charge in [0.15, 0.2) is 0 Å². The molecule has 0 spiro atoms. The number of nitrogens with zero attached hydrogens (tertiary/aromatic N) is 1. The van der Waals surface area contributed by atoms with Gasteiger partial charge in [-0.25, -0.2) is 4.79 Å². The van der Waals surface area contributed by atoms with Crippen LogP contribution in [0.5, 0.6) is 0 Å². The Kier molecular flexibility index (Phi) is 6.54. The van der Waals surface area contributed by atoms with Gasteiger partial charge in [0.25, 0.3) is 11.8 Å². The second kappa shape index (κ2) is 9.29. The fourth-order valence-corrected chi connectivity index (χ4v) is 2.87. The molecular formula is C22H18F3N3O3. The van der Waals surface area contributed by atoms with E-state index in [0.29, 0.717) is 24.2 Å². The van der Waals surface area contributed by atoms with Gasteiger partial charge in [0.2, 0.25) is 0 Å². The zero-order valence-corrected chi connectivity index (χ0v) is 16.1. The molecule has 31 heavy (non-hydrogen) atoms. The molecule has 0 fully saturated rings. The maximum absolute atomic E-state index is 13.0. The first-order valence-corrected chi connectivity index (χ1v) is 9.28. The molecule has 6 nitrogen and oxygen atoms in total. The lowest BCUT2D eigenvalue weighted by Crippen LogP contribution is -2.37. The van der Waals surface area contributed by atoms with Crippen LogP contribution in [0.15, 0.2) is 66.8 Å². The Labute approximate surface area is 176 Å². The fourth-order valence-electron chi connectivity index (χ4n) is 2.87. The maximum atomic E-state index is 13.0. The van der Waals surface area contributed by atoms with Gasteiger partial charge < -0.3 is 10.6 Å². The van der Waals surface area contributed by atoms with Crippen LogP contribution in [-0.4, -0.2) is 29.3 Å². The van der Waals surface area contributed by atoms with Crippen LogP contribution in [-0.2, 0) is 15.8 Å². The molecule has 0 atom stereocenters. The molecule has 0 unspecified atom stereocenters. The number of rotatable bonds is 4. The molecule has 0 bridgehead atoms. The number of hydrogen-bond donors (Lipinski definition) is 2. The zero-order valence-electron chi connectivity index (χ0n) is 16.1. The van der Waals surface area contributed by atoms with E-state index in [9.17, 15) is 27.6 Å². The molecule has 2 N–H and O–H groups in total. The molecule has 0 saturated heterocycles. The van der Waals surface area contributed by atoms with E-state index in [0.717, 1.165) is 17.0 Å². The van der Waals surface area contributed by atoms with Gasteiger partial charge in [0.05, 0.1) is 11.3 Å². The van der Waals surface area contributed by atoms with E-state index in [-0.39, 0.29) is 11.6 Å². The van der Waals surface area contributed by atoms with Crippen molar-refractivity contribution in [2.75, 3.05) is 17.2 Å². The second-order valence-corrected chi connectivity index (χ2v) is 6.60. The number of hydrogen-bond acceptors (Lipinski definition) is 3. The van der Waals surface area contributed by atoms with Crippen molar-refractivity contribution in [1.82, 2.24) is 4.90 Å². The third-order valence-electron chi connectivity index (χ3n) is 4.38. The number of imide groups is 1. The van der Waals surface area contributed by atoms with E-state index >= 15 is 0 Å². The SMILES string of the molecule is O=C(Nc1ccc(C=CC(=O)N2CCC=CC2=O)cc1)Nc1ccccc1C(F)(F)F. The number of alkyl halides is 3. The molecule has 0 saturated carbocycles. The van der Waals surface area contributed by atoms with Crippen LogP contribution >= 0.6 is 0 Å². The third-order valence-corrected chi connectivity index (χ3v) is 4.38. The Bertz CT molecular complexity index is 1040. The average Bonchev–Trinajstić information content (AvgIpc) is 2.73. The molecule has 9 heteroatoms. The molecule has 0 aromatic heterocycles. The largest absolute Gasteiger partial charge is 0.418 e. The van der Waals surface area contributed by atoms with E-state index in [2.05, 4.69) is 10.6 Å². The van der Waals surface area contributed by atoms with Crippen molar-refractivity contribution in [2.24, 2.45) is 0 Å². The van der Waals surface area contributed by atoms with Gasteiger partial charge >= 0.3 is 12.2 Å². The van der Waals surface area contributed by atoms with E-state index in [4.69, 9.17) is 0 Å². The summed E-state index contributed by atoms with van der Waals surface area (Å²) in [4.78, 5) is 37.0. The molecule has 2 aromatic carbocycles. The maximum Gasteiger partial charge on any atom is 0.418 e. The van der Waals surface area contributed by atoms with Crippen LogP contribution in [0.1, 0.15) is 17.5 Å². The van der Waals surface area contributed by atoms with Crippen molar-refractivity contribution in [1.29, 1.82) is 0 Å². The number of carbonyl (C=O) groups excluding carboxylic acids is 3. The predicted octanol–water partition coefficient (Wildman–Crippen LogP) is 4.68. The molecule has 0 radical (unpaired) electrons. The number of benzene rings is 2.